The molecule has 0 amide bonds. The molecule has 0 radical (unpaired) electrons. The van der Waals surface area contributed by atoms with E-state index in [1.165, 1.54) is 17.2 Å². The van der Waals surface area contributed by atoms with Crippen molar-refractivity contribution in [1.82, 2.24) is 19.5 Å². The second kappa shape index (κ2) is 12.1. The number of ether oxygens (including phenoxy) is 1. The third kappa shape index (κ3) is 5.98. The second-order valence-corrected chi connectivity index (χ2v) is 8.82. The van der Waals surface area contributed by atoms with Gasteiger partial charge in [0.05, 0.1) is 12.6 Å². The number of anilines is 1. The molecule has 2 aromatic rings. The van der Waals surface area contributed by atoms with Gasteiger partial charge in [-0.3, -0.25) is 9.36 Å². The van der Waals surface area contributed by atoms with Crippen molar-refractivity contribution in [1.29, 1.82) is 0 Å². The number of carboxylic acid groups (broad SMARTS) is 1. The normalized spacial score (nSPS) is 24.9. The average Bonchev–Trinajstić information content (AvgIpc) is 3.17. The predicted octanol–water partition coefficient (Wildman–Crippen LogP) is -4.07. The van der Waals surface area contributed by atoms with E-state index in [9.17, 15) is 15.0 Å². The van der Waals surface area contributed by atoms with Crippen LogP contribution in [0.25, 0.3) is 11.2 Å². The number of hydrogen-bond acceptors (Lipinski definition) is 9. The predicted molar refractivity (Wildman–Crippen MR) is 113 cm³/mol. The van der Waals surface area contributed by atoms with Crippen molar-refractivity contribution >= 4 is 58.7 Å². The van der Waals surface area contributed by atoms with Crippen LogP contribution in [0.15, 0.2) is 12.7 Å². The lowest BCUT2D eigenvalue weighted by Crippen LogP contribution is -3.00. The van der Waals surface area contributed by atoms with Crippen LogP contribution in [-0.4, -0.2) is 82.9 Å². The standard InChI is InChI=1S/C15H22N6O5S.3ClH/c1-27(3-2-7(16)15(24)25)4-8-10(22)11(23)14(26-8)21-6-20-9-12(17)18-5-19-13(9)21;;;/h5-8,10-11,14,22-23H,2-4,16H2,1H3,(H2-,17,18,19,24,25);3*1H/t7?,8-,10-,11-,14-,27?;;;/m1.../s1. The van der Waals surface area contributed by atoms with Gasteiger partial charge in [-0.1, -0.05) is 0 Å². The van der Waals surface area contributed by atoms with Gasteiger partial charge in [-0.15, -0.1) is 24.8 Å². The van der Waals surface area contributed by atoms with Gasteiger partial charge < -0.3 is 43.9 Å². The number of nitrogens with zero attached hydrogens (tertiary/aromatic N) is 4. The van der Waals surface area contributed by atoms with Gasteiger partial charge >= 0.3 is 5.97 Å². The van der Waals surface area contributed by atoms with Crippen molar-refractivity contribution < 1.29 is 37.3 Å². The molecule has 0 bridgehead atoms. The number of imidazole rings is 1. The quantitative estimate of drug-likeness (QED) is 0.231. The SMILES string of the molecule is C[S+](CCC(N)C(=O)O)C[C@H]1O[C@@H](n2cnc3c(N)ncnc32)[C@H](O)[C@@H]1O.Cl.Cl.[Cl-]. The fourth-order valence-electron chi connectivity index (χ4n) is 2.97. The number of aliphatic hydroxyl groups is 2. The summed E-state index contributed by atoms with van der Waals surface area (Å²) < 4.78 is 7.41. The number of nitrogen functional groups attached to an aromatic ring is 1. The molecule has 2 unspecified atom stereocenters. The molecular weight excluding hydrogens is 483 g/mol. The molecule has 0 spiro atoms. The van der Waals surface area contributed by atoms with Crippen molar-refractivity contribution in [2.24, 2.45) is 5.73 Å². The molecule has 6 atom stereocenters. The average molecular weight is 508 g/mol. The summed E-state index contributed by atoms with van der Waals surface area (Å²) in [7, 11) is -0.235. The Hall–Kier alpha value is -1.12. The first-order valence-corrected chi connectivity index (χ1v) is 10.3. The van der Waals surface area contributed by atoms with E-state index < -0.39 is 36.6 Å². The first kappa shape index (κ1) is 28.9. The summed E-state index contributed by atoms with van der Waals surface area (Å²) in [5, 5.41) is 29.7. The number of rotatable bonds is 7. The third-order valence-corrected chi connectivity index (χ3v) is 6.37. The number of carbonyl (C=O) groups is 1. The number of carboxylic acids is 1. The van der Waals surface area contributed by atoms with E-state index in [0.717, 1.165) is 0 Å². The number of aliphatic carboxylic acids is 1. The summed E-state index contributed by atoms with van der Waals surface area (Å²) in [6, 6.07) is -0.907. The minimum atomic E-state index is -1.16. The maximum Gasteiger partial charge on any atom is 0.320 e. The van der Waals surface area contributed by atoms with Crippen molar-refractivity contribution in [2.45, 2.75) is 37.0 Å². The Morgan fingerprint density at radius 2 is 1.97 bits per heavy atom. The first-order valence-electron chi connectivity index (χ1n) is 8.31. The van der Waals surface area contributed by atoms with E-state index in [2.05, 4.69) is 15.0 Å². The highest BCUT2D eigenvalue weighted by Gasteiger charge is 2.46. The van der Waals surface area contributed by atoms with Crippen LogP contribution in [0.4, 0.5) is 5.82 Å². The van der Waals surface area contributed by atoms with Crippen LogP contribution in [0.5, 0.6) is 0 Å². The van der Waals surface area contributed by atoms with Crippen molar-refractivity contribution in [3.8, 4) is 0 Å². The topological polar surface area (TPSA) is 183 Å². The maximum atomic E-state index is 10.8. The molecule has 172 valence electrons. The van der Waals surface area contributed by atoms with Crippen LogP contribution in [0.2, 0.25) is 0 Å². The minimum absolute atomic E-state index is 0. The zero-order valence-electron chi connectivity index (χ0n) is 15.9. The Morgan fingerprint density at radius 1 is 1.30 bits per heavy atom. The molecule has 0 aromatic carbocycles. The van der Waals surface area contributed by atoms with Gasteiger partial charge in [0, 0.05) is 6.42 Å². The van der Waals surface area contributed by atoms with Crippen LogP contribution >= 0.6 is 24.8 Å². The lowest BCUT2D eigenvalue weighted by Gasteiger charge is -2.16. The summed E-state index contributed by atoms with van der Waals surface area (Å²) in [5.41, 5.74) is 12.1. The number of halogens is 3. The molecule has 0 aliphatic carbocycles. The van der Waals surface area contributed by atoms with Gasteiger partial charge in [0.15, 0.2) is 17.7 Å². The summed E-state index contributed by atoms with van der Waals surface area (Å²) >= 11 is 0. The molecular formula is C15H25Cl3N6O5S. The van der Waals surface area contributed by atoms with E-state index in [1.807, 2.05) is 6.26 Å². The number of fused-ring (bicyclic) bond motifs is 1. The van der Waals surface area contributed by atoms with E-state index in [0.29, 0.717) is 29.1 Å². The number of aliphatic hydroxyl groups excluding tert-OH is 2. The molecule has 0 saturated carbocycles. The van der Waals surface area contributed by atoms with Crippen molar-refractivity contribution in [3.05, 3.63) is 12.7 Å². The highest BCUT2D eigenvalue weighted by atomic mass is 35.5. The monoisotopic (exact) mass is 506 g/mol. The maximum absolute atomic E-state index is 10.8. The van der Waals surface area contributed by atoms with E-state index in [-0.39, 0.29) is 53.9 Å². The Bertz CT molecular complexity index is 833. The molecule has 2 aromatic heterocycles. The van der Waals surface area contributed by atoms with Crippen LogP contribution in [0, 0.1) is 0 Å². The minimum Gasteiger partial charge on any atom is -1.00 e. The molecule has 15 heteroatoms. The van der Waals surface area contributed by atoms with Gasteiger partial charge in [-0.25, -0.2) is 15.0 Å². The van der Waals surface area contributed by atoms with Gasteiger partial charge in [-0.2, -0.15) is 0 Å². The Kier molecular flexibility index (Phi) is 11.6. The third-order valence-electron chi connectivity index (χ3n) is 4.54. The first-order chi connectivity index (χ1) is 12.8. The van der Waals surface area contributed by atoms with Gasteiger partial charge in [-0.05, 0) is 10.9 Å². The van der Waals surface area contributed by atoms with E-state index in [4.69, 9.17) is 21.3 Å². The van der Waals surface area contributed by atoms with E-state index in [1.54, 1.807) is 0 Å². The molecule has 30 heavy (non-hydrogen) atoms. The lowest BCUT2D eigenvalue weighted by atomic mass is 10.1. The van der Waals surface area contributed by atoms with Crippen molar-refractivity contribution in [2.75, 3.05) is 23.5 Å². The molecule has 7 N–H and O–H groups in total. The summed E-state index contributed by atoms with van der Waals surface area (Å²) in [5.74, 6) is 0.254. The molecule has 1 saturated heterocycles. The van der Waals surface area contributed by atoms with Gasteiger partial charge in [0.1, 0.15) is 47.7 Å². The highest BCUT2D eigenvalue weighted by molar-refractivity contribution is 7.96. The summed E-state index contributed by atoms with van der Waals surface area (Å²) in [6.45, 7) is 0. The number of hydrogen-bond donors (Lipinski definition) is 5. The van der Waals surface area contributed by atoms with Crippen LogP contribution in [0.1, 0.15) is 12.6 Å². The van der Waals surface area contributed by atoms with Gasteiger partial charge in [0.2, 0.25) is 0 Å². The van der Waals surface area contributed by atoms with E-state index >= 15 is 0 Å². The summed E-state index contributed by atoms with van der Waals surface area (Å²) in [4.78, 5) is 23.0. The largest absolute Gasteiger partial charge is 1.00 e. The fraction of sp³-hybridized carbons (Fsp3) is 0.600. The van der Waals surface area contributed by atoms with Crippen molar-refractivity contribution in [3.63, 3.8) is 0 Å². The van der Waals surface area contributed by atoms with Gasteiger partial charge in [0.25, 0.3) is 0 Å². The molecule has 3 heterocycles. The number of nitrogens with two attached hydrogens (primary N) is 2. The molecule has 1 fully saturated rings. The number of aromatic nitrogens is 4. The molecule has 3 rings (SSSR count). The second-order valence-electron chi connectivity index (χ2n) is 6.51. The fourth-order valence-corrected chi connectivity index (χ4v) is 4.63. The zero-order chi connectivity index (χ0) is 19.7. The zero-order valence-corrected chi connectivity index (χ0v) is 19.1. The Morgan fingerprint density at radius 3 is 2.60 bits per heavy atom. The Labute approximate surface area is 194 Å². The van der Waals surface area contributed by atoms with Crippen LogP contribution < -0.4 is 23.9 Å². The Balaban J connectivity index is 0.00000280. The molecule has 1 aliphatic rings. The smallest absolute Gasteiger partial charge is 0.320 e. The van der Waals surface area contributed by atoms with Crippen LogP contribution in [-0.2, 0) is 20.4 Å². The highest BCUT2D eigenvalue weighted by Crippen LogP contribution is 2.32. The molecule has 1 aliphatic heterocycles. The lowest BCUT2D eigenvalue weighted by molar-refractivity contribution is -0.138. The summed E-state index contributed by atoms with van der Waals surface area (Å²) in [6.07, 6.45) is 1.31. The molecule has 11 nitrogen and oxygen atoms in total. The van der Waals surface area contributed by atoms with Crippen LogP contribution in [0.3, 0.4) is 0 Å².